The number of rotatable bonds is 2. The molecule has 3 heteroatoms. The predicted octanol–water partition coefficient (Wildman–Crippen LogP) is 0.759. The lowest BCUT2D eigenvalue weighted by molar-refractivity contribution is -0.192. The maximum atomic E-state index is 10.5. The van der Waals surface area contributed by atoms with Crippen molar-refractivity contribution >= 4 is 0 Å². The molecule has 0 amide bonds. The zero-order valence-electron chi connectivity index (χ0n) is 8.84. The molecule has 0 spiro atoms. The van der Waals surface area contributed by atoms with E-state index in [0.29, 0.717) is 26.2 Å². The minimum Gasteiger partial charge on any atom is -0.389 e. The summed E-state index contributed by atoms with van der Waals surface area (Å²) in [6.45, 7) is 7.89. The third-order valence-electron chi connectivity index (χ3n) is 3.34. The van der Waals surface area contributed by atoms with Gasteiger partial charge in [0, 0.05) is 11.3 Å². The lowest BCUT2D eigenvalue weighted by Crippen LogP contribution is -2.57. The van der Waals surface area contributed by atoms with Crippen molar-refractivity contribution in [2.45, 2.75) is 32.8 Å². The van der Waals surface area contributed by atoms with Crippen molar-refractivity contribution in [3.8, 4) is 0 Å². The third kappa shape index (κ3) is 1.73. The molecule has 0 aromatic heterocycles. The summed E-state index contributed by atoms with van der Waals surface area (Å²) in [6, 6.07) is 0. The van der Waals surface area contributed by atoms with Gasteiger partial charge in [-0.25, -0.2) is 0 Å². The minimum absolute atomic E-state index is 0.166. The van der Waals surface area contributed by atoms with E-state index in [9.17, 15) is 5.11 Å². The summed E-state index contributed by atoms with van der Waals surface area (Å²) in [5.74, 6) is 0.166. The highest BCUT2D eigenvalue weighted by Crippen LogP contribution is 2.42. The molecule has 1 saturated heterocycles. The minimum atomic E-state index is -0.667. The molecule has 2 atom stereocenters. The van der Waals surface area contributed by atoms with Gasteiger partial charge in [-0.2, -0.15) is 0 Å². The fourth-order valence-corrected chi connectivity index (χ4v) is 2.23. The number of hydrogen-bond donors (Lipinski definition) is 2. The first-order valence-electron chi connectivity index (χ1n) is 4.94. The molecule has 3 N–H and O–H groups in total. The summed E-state index contributed by atoms with van der Waals surface area (Å²) >= 11 is 0. The fraction of sp³-hybridized carbons (Fsp3) is 1.00. The van der Waals surface area contributed by atoms with Crippen LogP contribution in [-0.4, -0.2) is 30.5 Å². The van der Waals surface area contributed by atoms with Gasteiger partial charge in [0.1, 0.15) is 0 Å². The van der Waals surface area contributed by atoms with Crippen molar-refractivity contribution in [2.24, 2.45) is 17.1 Å². The van der Waals surface area contributed by atoms with Crippen molar-refractivity contribution in [1.82, 2.24) is 0 Å². The Morgan fingerprint density at radius 1 is 1.54 bits per heavy atom. The van der Waals surface area contributed by atoms with E-state index in [1.807, 2.05) is 20.8 Å². The van der Waals surface area contributed by atoms with Crippen LogP contribution >= 0.6 is 0 Å². The normalized spacial score (nSPS) is 39.0. The van der Waals surface area contributed by atoms with Gasteiger partial charge in [-0.15, -0.1) is 0 Å². The molecule has 0 aromatic rings. The lowest BCUT2D eigenvalue weighted by Gasteiger charge is -2.50. The van der Waals surface area contributed by atoms with Crippen molar-refractivity contribution in [3.05, 3.63) is 0 Å². The Hall–Kier alpha value is -0.120. The van der Waals surface area contributed by atoms with E-state index in [4.69, 9.17) is 10.5 Å². The molecule has 0 radical (unpaired) electrons. The molecule has 1 aliphatic heterocycles. The monoisotopic (exact) mass is 187 g/mol. The SMILES string of the molecule is CC1COCC(C)(C)C1(O)CCN. The molecule has 1 aliphatic rings. The highest BCUT2D eigenvalue weighted by molar-refractivity contribution is 4.99. The van der Waals surface area contributed by atoms with Crippen LogP contribution in [0.3, 0.4) is 0 Å². The standard InChI is InChI=1S/C10H21NO2/c1-8-6-13-7-9(2,3)10(8,12)4-5-11/h8,12H,4-7,11H2,1-3H3. The van der Waals surface area contributed by atoms with Crippen molar-refractivity contribution in [1.29, 1.82) is 0 Å². The molecule has 0 bridgehead atoms. The van der Waals surface area contributed by atoms with E-state index in [-0.39, 0.29) is 11.3 Å². The van der Waals surface area contributed by atoms with Crippen LogP contribution in [0.4, 0.5) is 0 Å². The summed E-state index contributed by atoms with van der Waals surface area (Å²) in [4.78, 5) is 0. The van der Waals surface area contributed by atoms with Gasteiger partial charge in [0.25, 0.3) is 0 Å². The molecule has 3 nitrogen and oxygen atoms in total. The molecular formula is C10H21NO2. The Balaban J connectivity index is 2.84. The van der Waals surface area contributed by atoms with E-state index in [0.717, 1.165) is 0 Å². The van der Waals surface area contributed by atoms with Gasteiger partial charge < -0.3 is 15.6 Å². The quantitative estimate of drug-likeness (QED) is 0.671. The lowest BCUT2D eigenvalue weighted by atomic mass is 9.65. The second-order valence-corrected chi connectivity index (χ2v) is 4.76. The molecule has 0 saturated carbocycles. The average Bonchev–Trinajstić information content (AvgIpc) is 2.01. The summed E-state index contributed by atoms with van der Waals surface area (Å²) in [6.07, 6.45) is 0.657. The Morgan fingerprint density at radius 3 is 2.62 bits per heavy atom. The summed E-state index contributed by atoms with van der Waals surface area (Å²) < 4.78 is 5.44. The molecule has 1 rings (SSSR count). The van der Waals surface area contributed by atoms with Crippen LogP contribution in [-0.2, 0) is 4.74 Å². The molecule has 0 aromatic carbocycles. The zero-order chi connectivity index (χ0) is 10.1. The highest BCUT2D eigenvalue weighted by Gasteiger charge is 2.49. The van der Waals surface area contributed by atoms with Crippen LogP contribution in [0.5, 0.6) is 0 Å². The van der Waals surface area contributed by atoms with E-state index in [2.05, 4.69) is 0 Å². The van der Waals surface area contributed by atoms with E-state index in [1.165, 1.54) is 0 Å². The Morgan fingerprint density at radius 2 is 2.15 bits per heavy atom. The Bertz CT molecular complexity index is 182. The maximum Gasteiger partial charge on any atom is 0.0779 e. The first-order chi connectivity index (χ1) is 5.94. The van der Waals surface area contributed by atoms with Crippen LogP contribution in [0.1, 0.15) is 27.2 Å². The largest absolute Gasteiger partial charge is 0.389 e. The van der Waals surface area contributed by atoms with Crippen molar-refractivity contribution in [3.63, 3.8) is 0 Å². The topological polar surface area (TPSA) is 55.5 Å². The summed E-state index contributed by atoms with van der Waals surface area (Å²) in [7, 11) is 0. The average molecular weight is 187 g/mol. The van der Waals surface area contributed by atoms with Gasteiger partial charge in [-0.3, -0.25) is 0 Å². The van der Waals surface area contributed by atoms with Crippen LogP contribution in [0.25, 0.3) is 0 Å². The van der Waals surface area contributed by atoms with E-state index < -0.39 is 5.60 Å². The second-order valence-electron chi connectivity index (χ2n) is 4.76. The second kappa shape index (κ2) is 3.56. The van der Waals surface area contributed by atoms with Crippen molar-refractivity contribution in [2.75, 3.05) is 19.8 Å². The fourth-order valence-electron chi connectivity index (χ4n) is 2.23. The predicted molar refractivity (Wildman–Crippen MR) is 52.4 cm³/mol. The van der Waals surface area contributed by atoms with Crippen LogP contribution in [0.15, 0.2) is 0 Å². The molecule has 1 heterocycles. The third-order valence-corrected chi connectivity index (χ3v) is 3.34. The van der Waals surface area contributed by atoms with Crippen LogP contribution in [0, 0.1) is 11.3 Å². The van der Waals surface area contributed by atoms with Gasteiger partial charge in [0.05, 0.1) is 18.8 Å². The molecule has 1 fully saturated rings. The number of hydrogen-bond acceptors (Lipinski definition) is 3. The van der Waals surface area contributed by atoms with Gasteiger partial charge >= 0.3 is 0 Å². The van der Waals surface area contributed by atoms with Crippen LogP contribution < -0.4 is 5.73 Å². The zero-order valence-corrected chi connectivity index (χ0v) is 8.84. The first kappa shape index (κ1) is 11.0. The Labute approximate surface area is 80.3 Å². The van der Waals surface area contributed by atoms with Gasteiger partial charge in [0.15, 0.2) is 0 Å². The Kier molecular flexibility index (Phi) is 3.00. The summed E-state index contributed by atoms with van der Waals surface area (Å²) in [5, 5.41) is 10.5. The number of aliphatic hydroxyl groups is 1. The molecule has 78 valence electrons. The van der Waals surface area contributed by atoms with Crippen molar-refractivity contribution < 1.29 is 9.84 Å². The van der Waals surface area contributed by atoms with Crippen LogP contribution in [0.2, 0.25) is 0 Å². The van der Waals surface area contributed by atoms with Gasteiger partial charge in [0.2, 0.25) is 0 Å². The smallest absolute Gasteiger partial charge is 0.0779 e. The van der Waals surface area contributed by atoms with E-state index >= 15 is 0 Å². The number of nitrogens with two attached hydrogens (primary N) is 1. The van der Waals surface area contributed by atoms with Gasteiger partial charge in [-0.05, 0) is 13.0 Å². The molecular weight excluding hydrogens is 166 g/mol. The first-order valence-corrected chi connectivity index (χ1v) is 4.94. The molecule has 0 aliphatic carbocycles. The highest BCUT2D eigenvalue weighted by atomic mass is 16.5. The number of ether oxygens (including phenoxy) is 1. The maximum absolute atomic E-state index is 10.5. The summed E-state index contributed by atoms with van der Waals surface area (Å²) in [5.41, 5.74) is 4.67. The van der Waals surface area contributed by atoms with Gasteiger partial charge in [-0.1, -0.05) is 20.8 Å². The molecule has 13 heavy (non-hydrogen) atoms. The van der Waals surface area contributed by atoms with E-state index in [1.54, 1.807) is 0 Å². The molecule has 2 unspecified atom stereocenters.